The lowest BCUT2D eigenvalue weighted by atomic mass is 10.0. The van der Waals surface area contributed by atoms with E-state index in [9.17, 15) is 34.9 Å². The maximum Gasteiger partial charge on any atom is 0.352 e. The first-order valence-corrected chi connectivity index (χ1v) is 13.9. The van der Waals surface area contributed by atoms with E-state index < -0.39 is 46.4 Å². The molecule has 2 amide bonds. The van der Waals surface area contributed by atoms with Gasteiger partial charge in [0.1, 0.15) is 28.5 Å². The van der Waals surface area contributed by atoms with Gasteiger partial charge in [-0.15, -0.1) is 23.1 Å². The van der Waals surface area contributed by atoms with Crippen LogP contribution < -0.4 is 11.1 Å². The van der Waals surface area contributed by atoms with Crippen LogP contribution in [0.25, 0.3) is 17.3 Å². The molecule has 2 aliphatic rings. The molecule has 0 bridgehead atoms. The lowest BCUT2D eigenvalue weighted by Crippen LogP contribution is -2.71. The van der Waals surface area contributed by atoms with Gasteiger partial charge in [0.05, 0.1) is 10.0 Å². The number of phenolic OH excluding ortho intramolecular Hbond substituents is 2. The molecule has 212 valence electrons. The predicted octanol–water partition coefficient (Wildman–Crippen LogP) is 2.73. The van der Waals surface area contributed by atoms with Gasteiger partial charge in [0, 0.05) is 22.8 Å². The third-order valence-corrected chi connectivity index (χ3v) is 8.63. The number of oxime groups is 1. The molecule has 0 spiro atoms. The van der Waals surface area contributed by atoms with Gasteiger partial charge in [0.25, 0.3) is 11.8 Å². The van der Waals surface area contributed by atoms with Crippen LogP contribution in [0.4, 0.5) is 5.13 Å². The lowest BCUT2D eigenvalue weighted by Gasteiger charge is -2.49. The van der Waals surface area contributed by atoms with Crippen molar-refractivity contribution in [2.24, 2.45) is 5.16 Å². The van der Waals surface area contributed by atoms with Crippen LogP contribution in [0.2, 0.25) is 10.0 Å². The Kier molecular flexibility index (Phi) is 7.56. The van der Waals surface area contributed by atoms with Crippen molar-refractivity contribution >= 4 is 81.0 Å². The van der Waals surface area contributed by atoms with Crippen LogP contribution in [0.15, 0.2) is 44.5 Å². The summed E-state index contributed by atoms with van der Waals surface area (Å²) in [5, 5.41) is 48.6. The second-order valence-electron chi connectivity index (χ2n) is 8.42. The summed E-state index contributed by atoms with van der Waals surface area (Å²) in [5.74, 6) is -3.77. The Balaban J connectivity index is 1.34. The number of rotatable bonds is 7. The van der Waals surface area contributed by atoms with Crippen LogP contribution in [0.3, 0.4) is 0 Å². The summed E-state index contributed by atoms with van der Waals surface area (Å²) in [6.07, 6.45) is 2.88. The first kappa shape index (κ1) is 28.3. The van der Waals surface area contributed by atoms with E-state index >= 15 is 0 Å². The lowest BCUT2D eigenvalue weighted by molar-refractivity contribution is -0.150. The molecule has 2 atom stereocenters. The number of β-lactam (4-membered cyclic amide) rings is 1. The molecule has 1 aromatic carbocycles. The number of thioether (sulfide) groups is 1. The normalized spacial score (nSPS) is 18.9. The van der Waals surface area contributed by atoms with E-state index in [0.717, 1.165) is 16.2 Å². The fourth-order valence-electron chi connectivity index (χ4n) is 4.06. The highest BCUT2D eigenvalue weighted by Crippen LogP contribution is 2.45. The molecular formula is C23H16Cl2N6O8S2. The zero-order valence-corrected chi connectivity index (χ0v) is 23.3. The number of fused-ring (bicyclic) bond motifs is 1. The van der Waals surface area contributed by atoms with Crippen LogP contribution in [0, 0.1) is 0 Å². The molecule has 2 aliphatic heterocycles. The number of aliphatic carboxylic acids is 1. The van der Waals surface area contributed by atoms with Crippen molar-refractivity contribution in [1.29, 1.82) is 0 Å². The van der Waals surface area contributed by atoms with Gasteiger partial charge < -0.3 is 36.1 Å². The molecule has 0 aliphatic carbocycles. The molecule has 4 heterocycles. The SMILES string of the molecule is Nc1nc(/C(=N\O)C(=O)N[C@@H]2C(=O)N3C(C(=O)O)=C(/C=C/c4cc(-c5cc(Cl)c(O)c(O)c5Cl)no4)CS[C@H]23)cs1. The minimum absolute atomic E-state index is 0.0223. The Morgan fingerprint density at radius 1 is 1.24 bits per heavy atom. The largest absolute Gasteiger partial charge is 0.503 e. The summed E-state index contributed by atoms with van der Waals surface area (Å²) in [5.41, 5.74) is 5.51. The second kappa shape index (κ2) is 11.0. The van der Waals surface area contributed by atoms with E-state index in [1.165, 1.54) is 41.4 Å². The van der Waals surface area contributed by atoms with E-state index in [1.54, 1.807) is 0 Å². The average Bonchev–Trinajstić information content (AvgIpc) is 3.60. The quantitative estimate of drug-likeness (QED) is 0.0722. The number of benzene rings is 1. The Bertz CT molecular complexity index is 1700. The van der Waals surface area contributed by atoms with Gasteiger partial charge in [-0.1, -0.05) is 39.6 Å². The summed E-state index contributed by atoms with van der Waals surface area (Å²) in [7, 11) is 0. The number of anilines is 1. The number of carboxylic acids is 1. The molecule has 1 fully saturated rings. The number of nitrogens with two attached hydrogens (primary N) is 1. The molecule has 0 unspecified atom stereocenters. The van der Waals surface area contributed by atoms with Crippen LogP contribution >= 0.6 is 46.3 Å². The Labute approximate surface area is 247 Å². The van der Waals surface area contributed by atoms with Gasteiger partial charge in [-0.05, 0) is 17.7 Å². The number of phenols is 2. The van der Waals surface area contributed by atoms with E-state index in [2.05, 4.69) is 20.6 Å². The molecule has 0 saturated carbocycles. The maximum atomic E-state index is 12.9. The van der Waals surface area contributed by atoms with Crippen molar-refractivity contribution < 1.29 is 39.4 Å². The number of hydrogen-bond acceptors (Lipinski definition) is 13. The number of hydrogen-bond donors (Lipinski definition) is 6. The summed E-state index contributed by atoms with van der Waals surface area (Å²) in [4.78, 5) is 42.7. The van der Waals surface area contributed by atoms with Crippen molar-refractivity contribution in [3.05, 3.63) is 56.4 Å². The molecule has 18 heteroatoms. The van der Waals surface area contributed by atoms with Gasteiger partial charge in [-0.2, -0.15) is 0 Å². The topological polar surface area (TPSA) is 225 Å². The van der Waals surface area contributed by atoms with Gasteiger partial charge in [-0.25, -0.2) is 9.78 Å². The highest BCUT2D eigenvalue weighted by atomic mass is 35.5. The third-order valence-electron chi connectivity index (χ3n) is 5.99. The molecule has 2 aromatic heterocycles. The maximum absolute atomic E-state index is 12.9. The minimum atomic E-state index is -1.36. The Hall–Kier alpha value is -4.25. The zero-order valence-electron chi connectivity index (χ0n) is 20.1. The highest BCUT2D eigenvalue weighted by Gasteiger charge is 2.54. The monoisotopic (exact) mass is 638 g/mol. The van der Waals surface area contributed by atoms with E-state index in [-0.39, 0.29) is 54.9 Å². The number of aromatic nitrogens is 2. The smallest absolute Gasteiger partial charge is 0.352 e. The number of nitrogens with zero attached hydrogens (tertiary/aromatic N) is 4. The number of halogens is 2. The molecular weight excluding hydrogens is 623 g/mol. The molecule has 5 rings (SSSR count). The number of carboxylic acid groups (broad SMARTS) is 1. The Morgan fingerprint density at radius 3 is 2.66 bits per heavy atom. The minimum Gasteiger partial charge on any atom is -0.503 e. The molecule has 41 heavy (non-hydrogen) atoms. The average molecular weight is 639 g/mol. The van der Waals surface area contributed by atoms with Crippen molar-refractivity contribution in [2.45, 2.75) is 11.4 Å². The predicted molar refractivity (Wildman–Crippen MR) is 149 cm³/mol. The highest BCUT2D eigenvalue weighted by molar-refractivity contribution is 8.00. The van der Waals surface area contributed by atoms with Crippen LogP contribution in [-0.4, -0.2) is 76.2 Å². The molecule has 14 nitrogen and oxygen atoms in total. The summed E-state index contributed by atoms with van der Waals surface area (Å²) < 4.78 is 5.25. The number of nitrogen functional groups attached to an aromatic ring is 1. The van der Waals surface area contributed by atoms with Crippen molar-refractivity contribution in [3.63, 3.8) is 0 Å². The number of amides is 2. The number of aromatic hydroxyl groups is 2. The molecule has 0 radical (unpaired) electrons. The fourth-order valence-corrected chi connectivity index (χ4v) is 6.36. The van der Waals surface area contributed by atoms with E-state index in [0.29, 0.717) is 0 Å². The molecule has 3 aromatic rings. The number of nitrogens with one attached hydrogen (secondary N) is 1. The van der Waals surface area contributed by atoms with Gasteiger partial charge >= 0.3 is 5.97 Å². The Morgan fingerprint density at radius 2 is 2.00 bits per heavy atom. The first-order valence-electron chi connectivity index (χ1n) is 11.2. The summed E-state index contributed by atoms with van der Waals surface area (Å²) in [6.45, 7) is 0. The van der Waals surface area contributed by atoms with Crippen LogP contribution in [0.1, 0.15) is 11.5 Å². The van der Waals surface area contributed by atoms with E-state index in [4.69, 9.17) is 33.5 Å². The van der Waals surface area contributed by atoms with Gasteiger partial charge in [0.2, 0.25) is 0 Å². The molecule has 7 N–H and O–H groups in total. The van der Waals surface area contributed by atoms with Crippen molar-refractivity contribution in [2.75, 3.05) is 11.5 Å². The van der Waals surface area contributed by atoms with Crippen LogP contribution in [0.5, 0.6) is 11.5 Å². The number of allylic oxidation sites excluding steroid dienone is 1. The standard InChI is InChI=1S/C23H16Cl2N6O8S2/c24-10-4-9(13(25)18(33)17(10)32)11-3-8(39-30-11)2-1-7-5-40-21-15(20(35)31(21)16(7)22(36)37)28-19(34)14(29-38)12-6-41-23(26)27-12/h1-4,6,15,21,32-33,38H,5H2,(H2,26,27)(H,28,34)(H,36,37)/b2-1+,29-14+/t15-,21-/m1/s1. The van der Waals surface area contributed by atoms with Crippen molar-refractivity contribution in [1.82, 2.24) is 20.4 Å². The number of carbonyl (C=O) groups excluding carboxylic acids is 2. The second-order valence-corrected chi connectivity index (χ2v) is 11.2. The van der Waals surface area contributed by atoms with Crippen molar-refractivity contribution in [3.8, 4) is 22.8 Å². The fraction of sp³-hybridized carbons (Fsp3) is 0.130. The van der Waals surface area contributed by atoms with Gasteiger partial charge in [-0.3, -0.25) is 14.5 Å². The third kappa shape index (κ3) is 5.06. The molecule has 1 saturated heterocycles. The van der Waals surface area contributed by atoms with Gasteiger partial charge in [0.15, 0.2) is 28.1 Å². The first-order chi connectivity index (χ1) is 19.5. The summed E-state index contributed by atoms with van der Waals surface area (Å²) in [6, 6.07) is 1.66. The van der Waals surface area contributed by atoms with E-state index in [1.807, 2.05) is 0 Å². The number of carbonyl (C=O) groups is 3. The zero-order chi connectivity index (χ0) is 29.6. The van der Waals surface area contributed by atoms with Crippen LogP contribution in [-0.2, 0) is 14.4 Å². The number of thiazole rings is 1. The summed E-state index contributed by atoms with van der Waals surface area (Å²) >= 11 is 14.2.